The van der Waals surface area contributed by atoms with E-state index in [2.05, 4.69) is 9.69 Å². The van der Waals surface area contributed by atoms with Crippen molar-refractivity contribution in [3.05, 3.63) is 28.8 Å². The summed E-state index contributed by atoms with van der Waals surface area (Å²) in [4.78, 5) is 39.2. The number of nitrogen functional groups attached to an aromatic ring is 1. The number of amides is 3. The first-order chi connectivity index (χ1) is 15.3. The molecule has 2 aromatic rings. The monoisotopic (exact) mass is 461 g/mol. The Morgan fingerprint density at radius 2 is 1.91 bits per heavy atom. The molecule has 0 spiro atoms. The number of nitrogens with zero attached hydrogens (tertiary/aromatic N) is 2. The summed E-state index contributed by atoms with van der Waals surface area (Å²) >= 11 is 0.751. The second-order valence-electron chi connectivity index (χ2n) is 7.47. The summed E-state index contributed by atoms with van der Waals surface area (Å²) in [6, 6.07) is 4.99. The molecule has 1 aromatic heterocycles. The lowest BCUT2D eigenvalue weighted by atomic mass is 9.95. The van der Waals surface area contributed by atoms with Crippen LogP contribution in [0, 0.1) is 0 Å². The van der Waals surface area contributed by atoms with E-state index in [1.807, 2.05) is 0 Å². The predicted molar refractivity (Wildman–Crippen MR) is 121 cm³/mol. The molecule has 172 valence electrons. The SMILES string of the molecule is COc1ccc(OC)c(N(CC(=O)NC2CCCCC2)C(=O)c2snc(C(N)=O)c2N)c1. The fraction of sp³-hybridized carbons (Fsp3) is 0.429. The van der Waals surface area contributed by atoms with E-state index < -0.39 is 11.8 Å². The quantitative estimate of drug-likeness (QED) is 0.543. The molecular weight excluding hydrogens is 434 g/mol. The van der Waals surface area contributed by atoms with Gasteiger partial charge < -0.3 is 26.3 Å². The summed E-state index contributed by atoms with van der Waals surface area (Å²) in [5.41, 5.74) is 11.3. The number of primary amides is 1. The van der Waals surface area contributed by atoms with Crippen LogP contribution in [0.1, 0.15) is 52.3 Å². The third-order valence-corrected chi connectivity index (χ3v) is 6.20. The second-order valence-corrected chi connectivity index (χ2v) is 8.24. The van der Waals surface area contributed by atoms with Crippen molar-refractivity contribution >= 4 is 40.6 Å². The van der Waals surface area contributed by atoms with Gasteiger partial charge in [0.2, 0.25) is 5.91 Å². The van der Waals surface area contributed by atoms with Gasteiger partial charge in [-0.15, -0.1) is 0 Å². The van der Waals surface area contributed by atoms with Crippen LogP contribution in [0.5, 0.6) is 11.5 Å². The van der Waals surface area contributed by atoms with Crippen LogP contribution in [0.15, 0.2) is 18.2 Å². The molecule has 0 saturated heterocycles. The summed E-state index contributed by atoms with van der Waals surface area (Å²) in [7, 11) is 2.95. The van der Waals surface area contributed by atoms with Gasteiger partial charge in [0.05, 0.1) is 25.6 Å². The molecule has 1 aliphatic carbocycles. The van der Waals surface area contributed by atoms with Crippen LogP contribution in [0.25, 0.3) is 0 Å². The van der Waals surface area contributed by atoms with Crippen molar-refractivity contribution in [3.63, 3.8) is 0 Å². The summed E-state index contributed by atoms with van der Waals surface area (Å²) in [6.45, 7) is -0.276. The Morgan fingerprint density at radius 1 is 1.19 bits per heavy atom. The molecule has 10 nitrogen and oxygen atoms in total. The number of methoxy groups -OCH3 is 2. The number of rotatable bonds is 8. The lowest BCUT2D eigenvalue weighted by Crippen LogP contribution is -2.45. The van der Waals surface area contributed by atoms with E-state index in [1.54, 1.807) is 18.2 Å². The third-order valence-electron chi connectivity index (χ3n) is 5.35. The van der Waals surface area contributed by atoms with E-state index in [-0.39, 0.29) is 34.8 Å². The largest absolute Gasteiger partial charge is 0.497 e. The molecule has 1 aromatic carbocycles. The summed E-state index contributed by atoms with van der Waals surface area (Å²) in [5, 5.41) is 3.01. The molecule has 5 N–H and O–H groups in total. The predicted octanol–water partition coefficient (Wildman–Crippen LogP) is 1.94. The Balaban J connectivity index is 1.96. The Labute approximate surface area is 190 Å². The maximum absolute atomic E-state index is 13.5. The van der Waals surface area contributed by atoms with Gasteiger partial charge in [0.15, 0.2) is 5.69 Å². The van der Waals surface area contributed by atoms with Crippen molar-refractivity contribution in [2.45, 2.75) is 38.1 Å². The minimum absolute atomic E-state index is 0.00846. The average molecular weight is 462 g/mol. The van der Waals surface area contributed by atoms with Gasteiger partial charge in [0.25, 0.3) is 11.8 Å². The molecule has 1 aliphatic rings. The highest BCUT2D eigenvalue weighted by atomic mass is 32.1. The number of anilines is 2. The molecule has 0 bridgehead atoms. The summed E-state index contributed by atoms with van der Waals surface area (Å²) in [5.74, 6) is -0.909. The molecule has 3 amide bonds. The molecule has 32 heavy (non-hydrogen) atoms. The third kappa shape index (κ3) is 5.10. The first kappa shape index (κ1) is 23.3. The number of ether oxygens (including phenoxy) is 2. The lowest BCUT2D eigenvalue weighted by Gasteiger charge is -2.27. The Hall–Kier alpha value is -3.34. The Kier molecular flexibility index (Phi) is 7.52. The molecule has 11 heteroatoms. The zero-order chi connectivity index (χ0) is 23.3. The zero-order valence-electron chi connectivity index (χ0n) is 18.1. The molecule has 0 aliphatic heterocycles. The smallest absolute Gasteiger partial charge is 0.272 e. The number of hydrogen-bond acceptors (Lipinski definition) is 8. The highest BCUT2D eigenvalue weighted by Gasteiger charge is 2.30. The normalized spacial score (nSPS) is 13.9. The average Bonchev–Trinajstić information content (AvgIpc) is 3.18. The van der Waals surface area contributed by atoms with Crippen LogP contribution in [0.2, 0.25) is 0 Å². The number of benzene rings is 1. The van der Waals surface area contributed by atoms with Gasteiger partial charge in [-0.25, -0.2) is 0 Å². The van der Waals surface area contributed by atoms with Gasteiger partial charge in [-0.05, 0) is 36.5 Å². The van der Waals surface area contributed by atoms with Crippen molar-refractivity contribution in [3.8, 4) is 11.5 Å². The van der Waals surface area contributed by atoms with E-state index in [0.29, 0.717) is 17.2 Å². The topological polar surface area (TPSA) is 150 Å². The van der Waals surface area contributed by atoms with Gasteiger partial charge in [0.1, 0.15) is 22.9 Å². The fourth-order valence-electron chi connectivity index (χ4n) is 3.69. The van der Waals surface area contributed by atoms with Gasteiger partial charge in [0, 0.05) is 12.1 Å². The Bertz CT molecular complexity index is 1000. The van der Waals surface area contributed by atoms with Gasteiger partial charge >= 0.3 is 0 Å². The Morgan fingerprint density at radius 3 is 2.50 bits per heavy atom. The molecule has 1 heterocycles. The van der Waals surface area contributed by atoms with Crippen molar-refractivity contribution in [2.75, 3.05) is 31.4 Å². The highest BCUT2D eigenvalue weighted by molar-refractivity contribution is 7.09. The number of carbonyl (C=O) groups excluding carboxylic acids is 3. The number of carbonyl (C=O) groups is 3. The number of nitrogens with one attached hydrogen (secondary N) is 1. The van der Waals surface area contributed by atoms with Crippen LogP contribution in [0.3, 0.4) is 0 Å². The summed E-state index contributed by atoms with van der Waals surface area (Å²) in [6.07, 6.45) is 5.10. The van der Waals surface area contributed by atoms with Crippen molar-refractivity contribution in [2.24, 2.45) is 5.73 Å². The van der Waals surface area contributed by atoms with E-state index in [4.69, 9.17) is 20.9 Å². The van der Waals surface area contributed by atoms with Crippen LogP contribution in [-0.4, -0.2) is 48.9 Å². The van der Waals surface area contributed by atoms with Crippen LogP contribution in [-0.2, 0) is 4.79 Å². The standard InChI is InChI=1S/C21H27N5O5S/c1-30-13-8-9-15(31-2)14(10-13)26(11-16(27)24-12-6-4-3-5-7-12)21(29)19-17(22)18(20(23)28)25-32-19/h8-10,12H,3-7,11,22H2,1-2H3,(H2,23,28)(H,24,27). The minimum atomic E-state index is -0.835. The first-order valence-corrected chi connectivity index (χ1v) is 11.0. The van der Waals surface area contributed by atoms with Crippen LogP contribution in [0.4, 0.5) is 11.4 Å². The number of nitrogens with two attached hydrogens (primary N) is 2. The van der Waals surface area contributed by atoms with Gasteiger partial charge in [-0.2, -0.15) is 4.37 Å². The van der Waals surface area contributed by atoms with E-state index in [1.165, 1.54) is 19.1 Å². The molecule has 1 fully saturated rings. The van der Waals surface area contributed by atoms with Crippen molar-refractivity contribution < 1.29 is 23.9 Å². The van der Waals surface area contributed by atoms with Gasteiger partial charge in [-0.3, -0.25) is 19.3 Å². The van der Waals surface area contributed by atoms with E-state index >= 15 is 0 Å². The van der Waals surface area contributed by atoms with Crippen molar-refractivity contribution in [1.29, 1.82) is 0 Å². The number of hydrogen-bond donors (Lipinski definition) is 3. The second kappa shape index (κ2) is 10.3. The number of aromatic nitrogens is 1. The lowest BCUT2D eigenvalue weighted by molar-refractivity contribution is -0.120. The first-order valence-electron chi connectivity index (χ1n) is 10.2. The summed E-state index contributed by atoms with van der Waals surface area (Å²) < 4.78 is 14.6. The highest BCUT2D eigenvalue weighted by Crippen LogP contribution is 2.35. The molecule has 3 rings (SSSR count). The molecule has 0 atom stereocenters. The minimum Gasteiger partial charge on any atom is -0.497 e. The van der Waals surface area contributed by atoms with E-state index in [0.717, 1.165) is 43.6 Å². The fourth-order valence-corrected chi connectivity index (χ4v) is 4.44. The molecule has 0 radical (unpaired) electrons. The van der Waals surface area contributed by atoms with Crippen LogP contribution < -0.4 is 31.2 Å². The maximum Gasteiger partial charge on any atom is 0.272 e. The molecule has 0 unspecified atom stereocenters. The van der Waals surface area contributed by atoms with Crippen molar-refractivity contribution in [1.82, 2.24) is 9.69 Å². The maximum atomic E-state index is 13.5. The zero-order valence-corrected chi connectivity index (χ0v) is 18.9. The van der Waals surface area contributed by atoms with E-state index in [9.17, 15) is 14.4 Å². The van der Waals surface area contributed by atoms with Crippen LogP contribution >= 0.6 is 11.5 Å². The van der Waals surface area contributed by atoms with Gasteiger partial charge in [-0.1, -0.05) is 19.3 Å². The molecule has 1 saturated carbocycles. The molecular formula is C21H27N5O5S.